The fourth-order valence-corrected chi connectivity index (χ4v) is 1.96. The number of thioether (sulfide) groups is 1. The van der Waals surface area contributed by atoms with Crippen LogP contribution >= 0.6 is 11.8 Å². The summed E-state index contributed by atoms with van der Waals surface area (Å²) in [4.78, 5) is 0. The highest BCUT2D eigenvalue weighted by atomic mass is 32.2. The van der Waals surface area contributed by atoms with E-state index in [1.165, 1.54) is 0 Å². The summed E-state index contributed by atoms with van der Waals surface area (Å²) in [6.07, 6.45) is 2.12. The fraction of sp³-hybridized carbons (Fsp3) is 0.385. The Kier molecular flexibility index (Phi) is 4.78. The zero-order chi connectivity index (χ0) is 12.8. The zero-order valence-corrected chi connectivity index (χ0v) is 11.5. The average molecular weight is 262 g/mol. The van der Waals surface area contributed by atoms with Crippen molar-refractivity contribution in [3.8, 4) is 11.3 Å². The molecule has 1 atom stereocenters. The summed E-state index contributed by atoms with van der Waals surface area (Å²) in [7, 11) is 0. The lowest BCUT2D eigenvalue weighted by molar-refractivity contribution is 0.671. The van der Waals surface area contributed by atoms with Crippen molar-refractivity contribution in [2.45, 2.75) is 18.7 Å². The summed E-state index contributed by atoms with van der Waals surface area (Å²) in [5.41, 5.74) is 3.00. The van der Waals surface area contributed by atoms with Crippen LogP contribution in [0.5, 0.6) is 0 Å². The third-order valence-corrected chi connectivity index (χ3v) is 3.77. The molecule has 0 amide bonds. The lowest BCUT2D eigenvalue weighted by Crippen LogP contribution is -2.22. The smallest absolute Gasteiger partial charge is 0.117 e. The van der Waals surface area contributed by atoms with Crippen molar-refractivity contribution < 1.29 is 0 Å². The average Bonchev–Trinajstić information content (AvgIpc) is 2.88. The molecular weight excluding hydrogens is 244 g/mol. The molecule has 0 spiro atoms. The van der Waals surface area contributed by atoms with E-state index in [0.717, 1.165) is 30.0 Å². The van der Waals surface area contributed by atoms with Crippen molar-refractivity contribution in [3.05, 3.63) is 36.0 Å². The van der Waals surface area contributed by atoms with Crippen LogP contribution in [0.3, 0.4) is 0 Å². The van der Waals surface area contributed by atoms with Gasteiger partial charge in [0.05, 0.1) is 0 Å². The maximum absolute atomic E-state index is 4.22. The third-order valence-electron chi connectivity index (χ3n) is 2.79. The molecular formula is C13H18N4S. The van der Waals surface area contributed by atoms with Crippen LogP contribution in [0.4, 0.5) is 0 Å². The molecule has 0 radical (unpaired) electrons. The quantitative estimate of drug-likeness (QED) is 0.839. The van der Waals surface area contributed by atoms with Crippen LogP contribution in [0, 0.1) is 0 Å². The van der Waals surface area contributed by atoms with Crippen LogP contribution in [0.25, 0.3) is 11.3 Å². The highest BCUT2D eigenvalue weighted by molar-refractivity contribution is 7.99. The van der Waals surface area contributed by atoms with Gasteiger partial charge in [0.25, 0.3) is 0 Å². The first-order chi connectivity index (χ1) is 8.81. The van der Waals surface area contributed by atoms with E-state index in [-0.39, 0.29) is 0 Å². The summed E-state index contributed by atoms with van der Waals surface area (Å²) in [5, 5.41) is 15.2. The minimum absolute atomic E-state index is 0.608. The number of aromatic nitrogens is 3. The third kappa shape index (κ3) is 3.34. The summed E-state index contributed by atoms with van der Waals surface area (Å²) in [5.74, 6) is 0. The number of nitrogens with zero attached hydrogens (tertiary/aromatic N) is 2. The molecule has 0 saturated heterocycles. The maximum atomic E-state index is 4.22. The van der Waals surface area contributed by atoms with Gasteiger partial charge >= 0.3 is 0 Å². The second-order valence-electron chi connectivity index (χ2n) is 4.16. The van der Waals surface area contributed by atoms with Crippen molar-refractivity contribution in [2.24, 2.45) is 0 Å². The highest BCUT2D eigenvalue weighted by Gasteiger charge is 2.09. The van der Waals surface area contributed by atoms with E-state index in [1.807, 2.05) is 42.1 Å². The van der Waals surface area contributed by atoms with Crippen LogP contribution < -0.4 is 5.32 Å². The van der Waals surface area contributed by atoms with Gasteiger partial charge in [0.1, 0.15) is 11.4 Å². The Morgan fingerprint density at radius 2 is 2.06 bits per heavy atom. The molecule has 1 aromatic carbocycles. The summed E-state index contributed by atoms with van der Waals surface area (Å²) in [6.45, 7) is 3.92. The standard InChI is InChI=1S/C13H18N4S/c1-10(18-2)8-14-9-12-13(16-17-15-12)11-6-4-3-5-7-11/h3-7,10,14H,8-9H2,1-2H3,(H,15,16,17). The van der Waals surface area contributed by atoms with E-state index in [2.05, 4.69) is 33.9 Å². The second-order valence-corrected chi connectivity index (χ2v) is 5.44. The number of hydrogen-bond acceptors (Lipinski definition) is 4. The minimum atomic E-state index is 0.608. The second kappa shape index (κ2) is 6.56. The van der Waals surface area contributed by atoms with Crippen molar-refractivity contribution in [2.75, 3.05) is 12.8 Å². The molecule has 0 aliphatic rings. The predicted octanol–water partition coefficient (Wildman–Crippen LogP) is 2.31. The van der Waals surface area contributed by atoms with Crippen LogP contribution in [-0.2, 0) is 6.54 Å². The predicted molar refractivity (Wildman–Crippen MR) is 76.5 cm³/mol. The molecule has 2 aromatic rings. The first kappa shape index (κ1) is 13.1. The molecule has 0 aliphatic carbocycles. The Labute approximate surface area is 112 Å². The van der Waals surface area contributed by atoms with Crippen LogP contribution in [0.1, 0.15) is 12.6 Å². The summed E-state index contributed by atoms with van der Waals surface area (Å²) >= 11 is 1.86. The summed E-state index contributed by atoms with van der Waals surface area (Å²) < 4.78 is 0. The minimum Gasteiger partial charge on any atom is -0.310 e. The van der Waals surface area contributed by atoms with Crippen LogP contribution in [0.15, 0.2) is 30.3 Å². The summed E-state index contributed by atoms with van der Waals surface area (Å²) in [6, 6.07) is 10.1. The van der Waals surface area contributed by atoms with E-state index in [0.29, 0.717) is 5.25 Å². The van der Waals surface area contributed by atoms with Crippen molar-refractivity contribution >= 4 is 11.8 Å². The number of H-pyrrole nitrogens is 1. The Hall–Kier alpha value is -1.33. The topological polar surface area (TPSA) is 53.6 Å². The van der Waals surface area contributed by atoms with Gasteiger partial charge in [-0.15, -0.1) is 0 Å². The molecule has 1 heterocycles. The van der Waals surface area contributed by atoms with Gasteiger partial charge in [-0.05, 0) is 6.26 Å². The number of rotatable bonds is 6. The molecule has 1 unspecified atom stereocenters. The van der Waals surface area contributed by atoms with Gasteiger partial charge < -0.3 is 5.32 Å². The Balaban J connectivity index is 2.00. The van der Waals surface area contributed by atoms with Gasteiger partial charge in [-0.1, -0.05) is 37.3 Å². The van der Waals surface area contributed by atoms with Crippen molar-refractivity contribution in [1.82, 2.24) is 20.7 Å². The Morgan fingerprint density at radius 3 is 2.78 bits per heavy atom. The monoisotopic (exact) mass is 262 g/mol. The zero-order valence-electron chi connectivity index (χ0n) is 10.7. The normalized spacial score (nSPS) is 12.6. The van der Waals surface area contributed by atoms with E-state index < -0.39 is 0 Å². The molecule has 0 fully saturated rings. The van der Waals surface area contributed by atoms with Crippen molar-refractivity contribution in [1.29, 1.82) is 0 Å². The molecule has 18 heavy (non-hydrogen) atoms. The molecule has 5 heteroatoms. The number of aromatic amines is 1. The van der Waals surface area contributed by atoms with Gasteiger partial charge in [-0.25, -0.2) is 0 Å². The van der Waals surface area contributed by atoms with Gasteiger partial charge in [0.15, 0.2) is 0 Å². The fourth-order valence-electron chi connectivity index (χ4n) is 1.68. The SMILES string of the molecule is CSC(C)CNCc1n[nH]nc1-c1ccccc1. The highest BCUT2D eigenvalue weighted by Crippen LogP contribution is 2.18. The van der Waals surface area contributed by atoms with Gasteiger partial charge in [-0.2, -0.15) is 27.2 Å². The first-order valence-electron chi connectivity index (χ1n) is 6.00. The van der Waals surface area contributed by atoms with Crippen molar-refractivity contribution in [3.63, 3.8) is 0 Å². The lowest BCUT2D eigenvalue weighted by Gasteiger charge is -2.08. The van der Waals surface area contributed by atoms with E-state index in [9.17, 15) is 0 Å². The maximum Gasteiger partial charge on any atom is 0.117 e. The Bertz CT molecular complexity index is 469. The number of nitrogens with one attached hydrogen (secondary N) is 2. The largest absolute Gasteiger partial charge is 0.310 e. The van der Waals surface area contributed by atoms with Gasteiger partial charge in [-0.3, -0.25) is 0 Å². The molecule has 4 nitrogen and oxygen atoms in total. The molecule has 0 bridgehead atoms. The number of hydrogen-bond donors (Lipinski definition) is 2. The molecule has 96 valence electrons. The first-order valence-corrected chi connectivity index (χ1v) is 7.28. The Morgan fingerprint density at radius 1 is 1.28 bits per heavy atom. The molecule has 0 aliphatic heterocycles. The van der Waals surface area contributed by atoms with E-state index in [1.54, 1.807) is 0 Å². The molecule has 0 saturated carbocycles. The van der Waals surface area contributed by atoms with Gasteiger partial charge in [0, 0.05) is 23.9 Å². The van der Waals surface area contributed by atoms with E-state index >= 15 is 0 Å². The lowest BCUT2D eigenvalue weighted by atomic mass is 10.1. The number of benzene rings is 1. The molecule has 2 N–H and O–H groups in total. The van der Waals surface area contributed by atoms with E-state index in [4.69, 9.17) is 0 Å². The van der Waals surface area contributed by atoms with Crippen LogP contribution in [-0.4, -0.2) is 33.5 Å². The van der Waals surface area contributed by atoms with Gasteiger partial charge in [0.2, 0.25) is 0 Å². The molecule has 2 rings (SSSR count). The molecule has 1 aromatic heterocycles. The van der Waals surface area contributed by atoms with Crippen LogP contribution in [0.2, 0.25) is 0 Å².